The molecule has 1 saturated heterocycles. The summed E-state index contributed by atoms with van der Waals surface area (Å²) in [5.41, 5.74) is 3.74. The Bertz CT molecular complexity index is 670. The molecule has 1 N–H and O–H groups in total. The number of para-hydroxylation sites is 1. The molecule has 0 radical (unpaired) electrons. The molecule has 2 aliphatic rings. The van der Waals surface area contributed by atoms with Crippen LogP contribution in [-0.2, 0) is 12.8 Å². The molecule has 1 heterocycles. The first kappa shape index (κ1) is 13.6. The van der Waals surface area contributed by atoms with Crippen molar-refractivity contribution in [1.82, 2.24) is 4.90 Å². The van der Waals surface area contributed by atoms with Gasteiger partial charge >= 0.3 is 0 Å². The van der Waals surface area contributed by atoms with Crippen molar-refractivity contribution in [2.24, 2.45) is 0 Å². The van der Waals surface area contributed by atoms with Crippen LogP contribution in [0.2, 0.25) is 0 Å². The van der Waals surface area contributed by atoms with Gasteiger partial charge in [0.1, 0.15) is 5.75 Å². The highest BCUT2D eigenvalue weighted by atomic mass is 16.3. The van der Waals surface area contributed by atoms with Crippen LogP contribution in [-0.4, -0.2) is 42.2 Å². The highest BCUT2D eigenvalue weighted by molar-refractivity contribution is 5.51. The zero-order chi connectivity index (χ0) is 15.1. The van der Waals surface area contributed by atoms with Crippen LogP contribution in [0.15, 0.2) is 48.5 Å². The van der Waals surface area contributed by atoms with E-state index in [0.717, 1.165) is 31.5 Å². The first-order valence-corrected chi connectivity index (χ1v) is 8.05. The maximum atomic E-state index is 10.2. The molecule has 0 aromatic heterocycles. The molecule has 3 heteroatoms. The summed E-state index contributed by atoms with van der Waals surface area (Å²) in [5.74, 6) is 0.456. The van der Waals surface area contributed by atoms with Crippen molar-refractivity contribution in [2.75, 3.05) is 25.0 Å². The third kappa shape index (κ3) is 2.17. The number of benzene rings is 2. The first-order valence-electron chi connectivity index (χ1n) is 8.05. The van der Waals surface area contributed by atoms with E-state index in [-0.39, 0.29) is 0 Å². The number of nitrogens with zero attached hydrogens (tertiary/aromatic N) is 2. The molecule has 4 rings (SSSR count). The number of aromatic hydroxyl groups is 1. The summed E-state index contributed by atoms with van der Waals surface area (Å²) in [5, 5.41) is 10.2. The molecule has 0 amide bonds. The molecule has 0 spiro atoms. The maximum Gasteiger partial charge on any atom is 0.119 e. The predicted octanol–water partition coefficient (Wildman–Crippen LogP) is 2.68. The van der Waals surface area contributed by atoms with Crippen LogP contribution >= 0.6 is 0 Å². The number of likely N-dealkylation sites (N-methyl/N-ethyl adjacent to an activating group) is 1. The van der Waals surface area contributed by atoms with E-state index in [1.807, 2.05) is 12.1 Å². The molecule has 2 aromatic carbocycles. The zero-order valence-corrected chi connectivity index (χ0v) is 12.9. The molecule has 1 aliphatic heterocycles. The summed E-state index contributed by atoms with van der Waals surface area (Å²) in [4.78, 5) is 5.01. The Kier molecular flexibility index (Phi) is 3.30. The summed E-state index contributed by atoms with van der Waals surface area (Å²) in [6, 6.07) is 17.6. The van der Waals surface area contributed by atoms with Crippen LogP contribution in [0, 0.1) is 0 Å². The van der Waals surface area contributed by atoms with Gasteiger partial charge in [-0.25, -0.2) is 0 Å². The molecule has 2 unspecified atom stereocenters. The van der Waals surface area contributed by atoms with Crippen molar-refractivity contribution >= 4 is 5.69 Å². The number of hydrogen-bond acceptors (Lipinski definition) is 3. The Labute approximate surface area is 131 Å². The van der Waals surface area contributed by atoms with Crippen LogP contribution in [0.5, 0.6) is 5.75 Å². The number of hydrogen-bond donors (Lipinski definition) is 1. The normalized spacial score (nSPS) is 24.7. The summed E-state index contributed by atoms with van der Waals surface area (Å²) < 4.78 is 0. The molecule has 3 nitrogen and oxygen atoms in total. The third-order valence-corrected chi connectivity index (χ3v) is 5.28. The van der Waals surface area contributed by atoms with E-state index in [4.69, 9.17) is 0 Å². The minimum absolute atomic E-state index is 0.432. The maximum absolute atomic E-state index is 10.2. The zero-order valence-electron chi connectivity index (χ0n) is 12.9. The SMILES string of the molecule is CN1CCN(c2ccccc2)C2Cc3c(O)cccc3CC21. The van der Waals surface area contributed by atoms with E-state index >= 15 is 0 Å². The van der Waals surface area contributed by atoms with Gasteiger partial charge in [-0.2, -0.15) is 0 Å². The van der Waals surface area contributed by atoms with E-state index < -0.39 is 0 Å². The van der Waals surface area contributed by atoms with Gasteiger partial charge in [-0.3, -0.25) is 4.90 Å². The first-order chi connectivity index (χ1) is 10.7. The molecule has 2 aromatic rings. The van der Waals surface area contributed by atoms with E-state index in [1.54, 1.807) is 0 Å². The molecule has 1 aliphatic carbocycles. The average molecular weight is 294 g/mol. The Balaban J connectivity index is 1.73. The predicted molar refractivity (Wildman–Crippen MR) is 89.5 cm³/mol. The van der Waals surface area contributed by atoms with Gasteiger partial charge in [-0.15, -0.1) is 0 Å². The second-order valence-electron chi connectivity index (χ2n) is 6.47. The van der Waals surface area contributed by atoms with Crippen molar-refractivity contribution in [3.05, 3.63) is 59.7 Å². The van der Waals surface area contributed by atoms with E-state index in [0.29, 0.717) is 17.8 Å². The Morgan fingerprint density at radius 2 is 1.73 bits per heavy atom. The molecule has 114 valence electrons. The van der Waals surface area contributed by atoms with E-state index in [9.17, 15) is 5.11 Å². The van der Waals surface area contributed by atoms with Crippen LogP contribution in [0.25, 0.3) is 0 Å². The molecule has 0 saturated carbocycles. The minimum atomic E-state index is 0.432. The molecule has 1 fully saturated rings. The van der Waals surface area contributed by atoms with Gasteiger partial charge in [0.25, 0.3) is 0 Å². The summed E-state index contributed by atoms with van der Waals surface area (Å²) in [7, 11) is 2.23. The minimum Gasteiger partial charge on any atom is -0.508 e. The smallest absolute Gasteiger partial charge is 0.119 e. The summed E-state index contributed by atoms with van der Waals surface area (Å²) in [6.45, 7) is 2.13. The number of rotatable bonds is 1. The fourth-order valence-corrected chi connectivity index (χ4v) is 4.06. The summed E-state index contributed by atoms with van der Waals surface area (Å²) >= 11 is 0. The summed E-state index contributed by atoms with van der Waals surface area (Å²) in [6.07, 6.45) is 1.94. The van der Waals surface area contributed by atoms with Crippen LogP contribution in [0.4, 0.5) is 5.69 Å². The second-order valence-corrected chi connectivity index (χ2v) is 6.47. The van der Waals surface area contributed by atoms with Gasteiger partial charge in [0, 0.05) is 30.9 Å². The topological polar surface area (TPSA) is 26.7 Å². The average Bonchev–Trinajstić information content (AvgIpc) is 2.55. The van der Waals surface area contributed by atoms with Gasteiger partial charge in [-0.1, -0.05) is 30.3 Å². The fourth-order valence-electron chi connectivity index (χ4n) is 4.06. The Morgan fingerprint density at radius 3 is 2.55 bits per heavy atom. The third-order valence-electron chi connectivity index (χ3n) is 5.28. The molecular formula is C19H22N2O. The van der Waals surface area contributed by atoms with Gasteiger partial charge in [0.05, 0.1) is 0 Å². The lowest BCUT2D eigenvalue weighted by atomic mass is 9.81. The lowest BCUT2D eigenvalue weighted by Crippen LogP contribution is -2.61. The van der Waals surface area contributed by atoms with E-state index in [1.165, 1.54) is 11.3 Å². The van der Waals surface area contributed by atoms with Gasteiger partial charge < -0.3 is 10.0 Å². The van der Waals surface area contributed by atoms with Crippen molar-refractivity contribution in [3.63, 3.8) is 0 Å². The molecule has 2 atom stereocenters. The van der Waals surface area contributed by atoms with Crippen LogP contribution < -0.4 is 4.90 Å². The van der Waals surface area contributed by atoms with Crippen LogP contribution in [0.1, 0.15) is 11.1 Å². The van der Waals surface area contributed by atoms with Crippen molar-refractivity contribution in [3.8, 4) is 5.75 Å². The number of fused-ring (bicyclic) bond motifs is 2. The van der Waals surface area contributed by atoms with Crippen molar-refractivity contribution < 1.29 is 5.11 Å². The number of phenolic OH excluding ortho intramolecular Hbond substituents is 1. The van der Waals surface area contributed by atoms with Gasteiger partial charge in [0.2, 0.25) is 0 Å². The fraction of sp³-hybridized carbons (Fsp3) is 0.368. The van der Waals surface area contributed by atoms with Crippen molar-refractivity contribution in [1.29, 1.82) is 0 Å². The quantitative estimate of drug-likeness (QED) is 0.876. The Morgan fingerprint density at radius 1 is 0.909 bits per heavy atom. The largest absolute Gasteiger partial charge is 0.508 e. The van der Waals surface area contributed by atoms with Gasteiger partial charge in [-0.05, 0) is 49.2 Å². The Hall–Kier alpha value is -2.00. The van der Waals surface area contributed by atoms with Crippen LogP contribution in [0.3, 0.4) is 0 Å². The lowest BCUT2D eigenvalue weighted by molar-refractivity contribution is 0.164. The van der Waals surface area contributed by atoms with E-state index in [2.05, 4.69) is 53.2 Å². The number of anilines is 1. The second kappa shape index (κ2) is 5.33. The molecule has 0 bridgehead atoms. The lowest BCUT2D eigenvalue weighted by Gasteiger charge is -2.50. The number of phenols is 1. The standard InChI is InChI=1S/C19H22N2O/c1-20-10-11-21(15-7-3-2-4-8-15)18-13-16-14(12-17(18)20)6-5-9-19(16)22/h2-9,17-18,22H,10-13H2,1H3. The van der Waals surface area contributed by atoms with Gasteiger partial charge in [0.15, 0.2) is 0 Å². The van der Waals surface area contributed by atoms with Crippen molar-refractivity contribution in [2.45, 2.75) is 24.9 Å². The molecular weight excluding hydrogens is 272 g/mol. The monoisotopic (exact) mass is 294 g/mol. The number of piperazine rings is 1. The highest BCUT2D eigenvalue weighted by Gasteiger charge is 2.39. The highest BCUT2D eigenvalue weighted by Crippen LogP contribution is 2.36. The molecule has 22 heavy (non-hydrogen) atoms.